The van der Waals surface area contributed by atoms with E-state index in [1.807, 2.05) is 0 Å². The van der Waals surface area contributed by atoms with Gasteiger partial charge in [0.25, 0.3) is 0 Å². The van der Waals surface area contributed by atoms with E-state index in [0.717, 1.165) is 0 Å². The van der Waals surface area contributed by atoms with Crippen LogP contribution in [0.5, 0.6) is 0 Å². The van der Waals surface area contributed by atoms with Crippen LogP contribution in [0.2, 0.25) is 0 Å². The molecule has 0 aromatic carbocycles. The summed E-state index contributed by atoms with van der Waals surface area (Å²) >= 11 is 0. The summed E-state index contributed by atoms with van der Waals surface area (Å²) in [6, 6.07) is 1.05. The van der Waals surface area contributed by atoms with Crippen LogP contribution in [0.3, 0.4) is 0 Å². The van der Waals surface area contributed by atoms with Gasteiger partial charge in [0.1, 0.15) is 11.5 Å². The van der Waals surface area contributed by atoms with E-state index < -0.39 is 17.9 Å². The minimum absolute atomic E-state index is 0.00803. The normalized spacial score (nSPS) is 25.3. The van der Waals surface area contributed by atoms with Crippen LogP contribution in [0.15, 0.2) is 10.6 Å². The maximum absolute atomic E-state index is 11.1. The predicted octanol–water partition coefficient (Wildman–Crippen LogP) is 0.245. The van der Waals surface area contributed by atoms with E-state index in [1.54, 1.807) is 13.0 Å². The molecule has 0 radical (unpaired) electrons. The molecule has 2 atom stereocenters. The van der Waals surface area contributed by atoms with E-state index in [4.69, 9.17) is 9.63 Å². The molecule has 6 heteroatoms. The number of carbonyl (C=O) groups excluding carboxylic acids is 1. The van der Waals surface area contributed by atoms with Crippen LogP contribution >= 0.6 is 0 Å². The number of aromatic nitrogens is 1. The van der Waals surface area contributed by atoms with Crippen molar-refractivity contribution >= 4 is 11.9 Å². The Balaban J connectivity index is 2.27. The highest BCUT2D eigenvalue weighted by Gasteiger charge is 2.40. The monoisotopic (exact) mass is 210 g/mol. The van der Waals surface area contributed by atoms with Gasteiger partial charge in [-0.25, -0.2) is 0 Å². The topological polar surface area (TPSA) is 92.4 Å². The van der Waals surface area contributed by atoms with Gasteiger partial charge in [-0.05, 0) is 6.92 Å². The Hall–Kier alpha value is -1.85. The second kappa shape index (κ2) is 3.38. The van der Waals surface area contributed by atoms with Crippen molar-refractivity contribution in [3.63, 3.8) is 0 Å². The fourth-order valence-corrected chi connectivity index (χ4v) is 1.69. The number of hydrogen-bond donors (Lipinski definition) is 2. The van der Waals surface area contributed by atoms with Crippen LogP contribution < -0.4 is 5.32 Å². The lowest BCUT2D eigenvalue weighted by atomic mass is 9.98. The zero-order valence-electron chi connectivity index (χ0n) is 8.06. The molecular weight excluding hydrogens is 200 g/mol. The first-order chi connectivity index (χ1) is 7.08. The molecule has 2 heterocycles. The number of aryl methyl sites for hydroxylation is 1. The summed E-state index contributed by atoms with van der Waals surface area (Å²) in [5.41, 5.74) is 0.464. The quantitative estimate of drug-likeness (QED) is 0.729. The van der Waals surface area contributed by atoms with Crippen molar-refractivity contribution in [1.29, 1.82) is 0 Å². The molecule has 1 aromatic heterocycles. The van der Waals surface area contributed by atoms with Crippen molar-refractivity contribution < 1.29 is 19.2 Å². The Morgan fingerprint density at radius 3 is 3.00 bits per heavy atom. The molecular formula is C9H10N2O4. The first-order valence-electron chi connectivity index (χ1n) is 4.53. The van der Waals surface area contributed by atoms with Crippen LogP contribution in [-0.2, 0) is 9.59 Å². The number of carboxylic acid groups (broad SMARTS) is 1. The summed E-state index contributed by atoms with van der Waals surface area (Å²) in [7, 11) is 0. The van der Waals surface area contributed by atoms with Crippen molar-refractivity contribution in [3.05, 3.63) is 17.5 Å². The molecule has 2 unspecified atom stereocenters. The average Bonchev–Trinajstić information content (AvgIpc) is 2.71. The second-order valence-electron chi connectivity index (χ2n) is 3.56. The highest BCUT2D eigenvalue weighted by Crippen LogP contribution is 2.29. The van der Waals surface area contributed by atoms with Crippen LogP contribution in [0, 0.1) is 12.8 Å². The van der Waals surface area contributed by atoms with Gasteiger partial charge in [-0.15, -0.1) is 0 Å². The summed E-state index contributed by atoms with van der Waals surface area (Å²) in [4.78, 5) is 22.0. The first-order valence-corrected chi connectivity index (χ1v) is 4.53. The van der Waals surface area contributed by atoms with Gasteiger partial charge >= 0.3 is 5.97 Å². The van der Waals surface area contributed by atoms with Gasteiger partial charge in [-0.2, -0.15) is 0 Å². The molecule has 0 saturated carbocycles. The van der Waals surface area contributed by atoms with E-state index >= 15 is 0 Å². The number of nitrogens with zero attached hydrogens (tertiary/aromatic N) is 1. The van der Waals surface area contributed by atoms with E-state index in [2.05, 4.69) is 10.5 Å². The number of rotatable bonds is 2. The lowest BCUT2D eigenvalue weighted by molar-refractivity contribution is -0.142. The third-order valence-electron chi connectivity index (χ3n) is 2.41. The molecule has 1 aliphatic heterocycles. The number of aliphatic carboxylic acids is 1. The highest BCUT2D eigenvalue weighted by atomic mass is 16.5. The van der Waals surface area contributed by atoms with Crippen molar-refractivity contribution in [2.45, 2.75) is 19.4 Å². The van der Waals surface area contributed by atoms with Gasteiger partial charge in [0.05, 0.1) is 12.0 Å². The molecule has 0 spiro atoms. The second-order valence-corrected chi connectivity index (χ2v) is 3.56. The Morgan fingerprint density at radius 2 is 2.47 bits per heavy atom. The molecule has 1 saturated heterocycles. The fraction of sp³-hybridized carbons (Fsp3) is 0.444. The van der Waals surface area contributed by atoms with Crippen molar-refractivity contribution in [2.75, 3.05) is 0 Å². The lowest BCUT2D eigenvalue weighted by Crippen LogP contribution is -2.24. The third kappa shape index (κ3) is 1.70. The largest absolute Gasteiger partial charge is 0.481 e. The zero-order valence-corrected chi connectivity index (χ0v) is 8.06. The molecule has 2 N–H and O–H groups in total. The molecule has 2 rings (SSSR count). The fourth-order valence-electron chi connectivity index (χ4n) is 1.69. The van der Waals surface area contributed by atoms with Gasteiger partial charge < -0.3 is 14.9 Å². The van der Waals surface area contributed by atoms with Crippen molar-refractivity contribution in [2.24, 2.45) is 5.92 Å². The molecule has 1 amide bonds. The Bertz CT molecular complexity index is 412. The maximum Gasteiger partial charge on any atom is 0.309 e. The van der Waals surface area contributed by atoms with Gasteiger partial charge in [-0.3, -0.25) is 9.59 Å². The first kappa shape index (κ1) is 9.70. The molecule has 1 aromatic rings. The average molecular weight is 210 g/mol. The molecule has 1 fully saturated rings. The minimum atomic E-state index is -1.00. The summed E-state index contributed by atoms with van der Waals surface area (Å²) in [6.07, 6.45) is -0.00803. The summed E-state index contributed by atoms with van der Waals surface area (Å²) in [5.74, 6) is -1.44. The van der Waals surface area contributed by atoms with Crippen LogP contribution in [0.1, 0.15) is 23.9 Å². The van der Waals surface area contributed by atoms with Gasteiger partial charge in [0.15, 0.2) is 0 Å². The Kier molecular flexibility index (Phi) is 2.18. The Morgan fingerprint density at radius 1 is 1.73 bits per heavy atom. The molecule has 80 valence electrons. The molecule has 1 aliphatic rings. The van der Waals surface area contributed by atoms with Crippen molar-refractivity contribution in [1.82, 2.24) is 10.5 Å². The molecule has 15 heavy (non-hydrogen) atoms. The van der Waals surface area contributed by atoms with Crippen LogP contribution in [-0.4, -0.2) is 22.1 Å². The SMILES string of the molecule is Cc1cc(C2NC(=O)CC2C(=O)O)no1. The minimum Gasteiger partial charge on any atom is -0.481 e. The number of nitrogens with one attached hydrogen (secondary N) is 1. The van der Waals surface area contributed by atoms with Crippen LogP contribution in [0.4, 0.5) is 0 Å². The highest BCUT2D eigenvalue weighted by molar-refractivity contribution is 5.87. The number of hydrogen-bond acceptors (Lipinski definition) is 4. The molecule has 0 aliphatic carbocycles. The van der Waals surface area contributed by atoms with E-state index in [-0.39, 0.29) is 12.3 Å². The predicted molar refractivity (Wildman–Crippen MR) is 47.9 cm³/mol. The summed E-state index contributed by atoms with van der Waals surface area (Å²) < 4.78 is 4.85. The lowest BCUT2D eigenvalue weighted by Gasteiger charge is -2.11. The molecule has 6 nitrogen and oxygen atoms in total. The standard InChI is InChI=1S/C9H10N2O4/c1-4-2-6(11-15-4)8-5(9(13)14)3-7(12)10-8/h2,5,8H,3H2,1H3,(H,10,12)(H,13,14). The maximum atomic E-state index is 11.1. The Labute approximate surface area is 85.2 Å². The van der Waals surface area contributed by atoms with E-state index in [9.17, 15) is 9.59 Å². The number of carboxylic acids is 1. The number of amides is 1. The van der Waals surface area contributed by atoms with Crippen molar-refractivity contribution in [3.8, 4) is 0 Å². The molecule has 0 bridgehead atoms. The van der Waals surface area contributed by atoms with Gasteiger partial charge in [0.2, 0.25) is 5.91 Å². The van der Waals surface area contributed by atoms with Crippen LogP contribution in [0.25, 0.3) is 0 Å². The van der Waals surface area contributed by atoms with E-state index in [0.29, 0.717) is 11.5 Å². The number of carbonyl (C=O) groups is 2. The summed E-state index contributed by atoms with van der Waals surface area (Å²) in [5, 5.41) is 15.2. The third-order valence-corrected chi connectivity index (χ3v) is 2.41. The van der Waals surface area contributed by atoms with E-state index in [1.165, 1.54) is 0 Å². The summed E-state index contributed by atoms with van der Waals surface area (Å²) in [6.45, 7) is 1.71. The van der Waals surface area contributed by atoms with Gasteiger partial charge in [0, 0.05) is 12.5 Å². The zero-order chi connectivity index (χ0) is 11.0. The smallest absolute Gasteiger partial charge is 0.309 e. The van der Waals surface area contributed by atoms with Gasteiger partial charge in [-0.1, -0.05) is 5.16 Å².